The summed E-state index contributed by atoms with van der Waals surface area (Å²) >= 11 is 1.13. The molecule has 0 unspecified atom stereocenters. The van der Waals surface area contributed by atoms with Gasteiger partial charge in [0.25, 0.3) is 11.5 Å². The minimum atomic E-state index is -0.671. The fourth-order valence-electron chi connectivity index (χ4n) is 4.44. The number of anilines is 1. The molecule has 0 saturated heterocycles. The van der Waals surface area contributed by atoms with Gasteiger partial charge >= 0.3 is 5.97 Å². The van der Waals surface area contributed by atoms with Crippen LogP contribution in [0, 0.1) is 0 Å². The van der Waals surface area contributed by atoms with E-state index in [0.29, 0.717) is 46.7 Å². The van der Waals surface area contributed by atoms with E-state index in [2.05, 4.69) is 10.4 Å². The molecule has 0 aliphatic heterocycles. The average molecular weight is 558 g/mol. The highest BCUT2D eigenvalue weighted by molar-refractivity contribution is 7.16. The Morgan fingerprint density at radius 1 is 0.900 bits per heavy atom. The molecular weight excluding hydrogens is 530 g/mol. The molecule has 10 heteroatoms. The van der Waals surface area contributed by atoms with E-state index in [1.807, 2.05) is 44.2 Å². The number of benzene rings is 3. The number of aromatic nitrogens is 2. The Balaban J connectivity index is 1.65. The summed E-state index contributed by atoms with van der Waals surface area (Å²) in [5, 5.41) is 11.2. The van der Waals surface area contributed by atoms with Crippen molar-refractivity contribution >= 4 is 49.8 Å². The van der Waals surface area contributed by atoms with Gasteiger partial charge in [0.2, 0.25) is 0 Å². The highest BCUT2D eigenvalue weighted by atomic mass is 32.1. The predicted molar refractivity (Wildman–Crippen MR) is 155 cm³/mol. The number of hydrogen-bond acceptors (Lipinski definition) is 8. The van der Waals surface area contributed by atoms with Gasteiger partial charge in [-0.3, -0.25) is 9.59 Å². The van der Waals surface area contributed by atoms with Crippen LogP contribution in [0.15, 0.2) is 70.8 Å². The van der Waals surface area contributed by atoms with E-state index in [1.54, 1.807) is 42.6 Å². The fraction of sp³-hybridized carbons (Fsp3) is 0.200. The zero-order valence-corrected chi connectivity index (χ0v) is 23.0. The van der Waals surface area contributed by atoms with Gasteiger partial charge in [-0.15, -0.1) is 11.3 Å². The average Bonchev–Trinajstić information content (AvgIpc) is 3.38. The number of fused-ring (bicyclic) bond motifs is 2. The van der Waals surface area contributed by atoms with Crippen LogP contribution in [0.1, 0.15) is 41.6 Å². The Morgan fingerprint density at radius 2 is 1.65 bits per heavy atom. The molecule has 0 bridgehead atoms. The van der Waals surface area contributed by atoms with Crippen molar-refractivity contribution in [2.45, 2.75) is 20.8 Å². The Bertz CT molecular complexity index is 1770. The van der Waals surface area contributed by atoms with E-state index >= 15 is 0 Å². The molecule has 3 aromatic carbocycles. The molecule has 9 nitrogen and oxygen atoms in total. The highest BCUT2D eigenvalue weighted by Gasteiger charge is 2.25. The van der Waals surface area contributed by atoms with Crippen LogP contribution in [0.2, 0.25) is 0 Å². The third-order valence-corrected chi connectivity index (χ3v) is 7.05. The van der Waals surface area contributed by atoms with Gasteiger partial charge in [0.05, 0.1) is 36.5 Å². The summed E-state index contributed by atoms with van der Waals surface area (Å²) in [6.45, 7) is 6.42. The molecule has 0 radical (unpaired) electrons. The van der Waals surface area contributed by atoms with Crippen LogP contribution >= 0.6 is 11.3 Å². The zero-order valence-electron chi connectivity index (χ0n) is 22.2. The van der Waals surface area contributed by atoms with Crippen molar-refractivity contribution in [1.29, 1.82) is 0 Å². The summed E-state index contributed by atoms with van der Waals surface area (Å²) < 4.78 is 17.6. The number of thiophene rings is 1. The van der Waals surface area contributed by atoms with Crippen LogP contribution in [0.4, 0.5) is 5.00 Å². The first-order valence-electron chi connectivity index (χ1n) is 12.9. The number of amides is 1. The Kier molecular flexibility index (Phi) is 7.79. The Hall–Kier alpha value is -4.70. The van der Waals surface area contributed by atoms with Crippen LogP contribution in [-0.4, -0.2) is 41.5 Å². The maximum atomic E-state index is 13.8. The summed E-state index contributed by atoms with van der Waals surface area (Å²) in [5.41, 5.74) is 0.263. The second-order valence-corrected chi connectivity index (χ2v) is 9.49. The van der Waals surface area contributed by atoms with E-state index in [9.17, 15) is 14.4 Å². The standard InChI is InChI=1S/C30H27N3O6S/c1-4-37-20-14-12-19(13-15-20)33-29(35)25-22(26(32-33)30(36)39-6-3)17-40-28(25)31-27(34)24-21-10-8-7-9-18(21)11-16-23(24)38-5-2/h7-17H,4-6H2,1-3H3,(H,31,34). The van der Waals surface area contributed by atoms with Gasteiger partial charge < -0.3 is 19.5 Å². The van der Waals surface area contributed by atoms with Gasteiger partial charge in [0.15, 0.2) is 5.69 Å². The topological polar surface area (TPSA) is 109 Å². The summed E-state index contributed by atoms with van der Waals surface area (Å²) in [6.07, 6.45) is 0. The number of hydrogen-bond donors (Lipinski definition) is 1. The third kappa shape index (κ3) is 5.01. The van der Waals surface area contributed by atoms with E-state index in [1.165, 1.54) is 0 Å². The molecule has 40 heavy (non-hydrogen) atoms. The smallest absolute Gasteiger partial charge is 0.359 e. The molecule has 0 fully saturated rings. The summed E-state index contributed by atoms with van der Waals surface area (Å²) in [5.74, 6) is -0.0454. The third-order valence-electron chi connectivity index (χ3n) is 6.16. The highest BCUT2D eigenvalue weighted by Crippen LogP contribution is 2.34. The van der Waals surface area contributed by atoms with Gasteiger partial charge in [0, 0.05) is 10.8 Å². The van der Waals surface area contributed by atoms with E-state index < -0.39 is 17.4 Å². The van der Waals surface area contributed by atoms with Crippen molar-refractivity contribution in [3.05, 3.63) is 87.7 Å². The lowest BCUT2D eigenvalue weighted by atomic mass is 10.0. The number of carbonyl (C=O) groups is 2. The quantitative estimate of drug-likeness (QED) is 0.227. The molecule has 2 heterocycles. The van der Waals surface area contributed by atoms with Crippen molar-refractivity contribution in [2.75, 3.05) is 25.1 Å². The number of esters is 1. The molecule has 0 spiro atoms. The van der Waals surface area contributed by atoms with Gasteiger partial charge in [-0.25, -0.2) is 4.79 Å². The molecular formula is C30H27N3O6S. The molecule has 5 aromatic rings. The first kappa shape index (κ1) is 26.9. The van der Waals surface area contributed by atoms with Crippen LogP contribution in [0.5, 0.6) is 11.5 Å². The van der Waals surface area contributed by atoms with E-state index in [4.69, 9.17) is 14.2 Å². The lowest BCUT2D eigenvalue weighted by Gasteiger charge is -2.14. The van der Waals surface area contributed by atoms with Crippen molar-refractivity contribution in [2.24, 2.45) is 0 Å². The van der Waals surface area contributed by atoms with Crippen molar-refractivity contribution in [3.8, 4) is 17.2 Å². The summed E-state index contributed by atoms with van der Waals surface area (Å²) in [4.78, 5) is 40.4. The monoisotopic (exact) mass is 557 g/mol. The van der Waals surface area contributed by atoms with Gasteiger partial charge in [-0.1, -0.05) is 30.3 Å². The van der Waals surface area contributed by atoms with Gasteiger partial charge in [-0.2, -0.15) is 9.78 Å². The van der Waals surface area contributed by atoms with Crippen LogP contribution < -0.4 is 20.3 Å². The van der Waals surface area contributed by atoms with Crippen molar-refractivity contribution in [3.63, 3.8) is 0 Å². The summed E-state index contributed by atoms with van der Waals surface area (Å²) in [6, 6.07) is 17.9. The Labute approximate surface area is 233 Å². The maximum absolute atomic E-state index is 13.8. The molecule has 0 aliphatic rings. The molecule has 2 aromatic heterocycles. The van der Waals surface area contributed by atoms with E-state index in [-0.39, 0.29) is 22.7 Å². The molecule has 204 valence electrons. The van der Waals surface area contributed by atoms with Crippen LogP contribution in [0.3, 0.4) is 0 Å². The fourth-order valence-corrected chi connectivity index (χ4v) is 5.38. The maximum Gasteiger partial charge on any atom is 0.359 e. The molecule has 0 saturated carbocycles. The Morgan fingerprint density at radius 3 is 2.38 bits per heavy atom. The van der Waals surface area contributed by atoms with Crippen LogP contribution in [-0.2, 0) is 4.74 Å². The number of nitrogens with zero attached hydrogens (tertiary/aromatic N) is 2. The van der Waals surface area contributed by atoms with Crippen molar-refractivity contribution < 1.29 is 23.8 Å². The molecule has 1 N–H and O–H groups in total. The summed E-state index contributed by atoms with van der Waals surface area (Å²) in [7, 11) is 0. The number of rotatable bonds is 9. The number of ether oxygens (including phenoxy) is 3. The first-order chi connectivity index (χ1) is 19.5. The van der Waals surface area contributed by atoms with E-state index in [0.717, 1.165) is 21.4 Å². The van der Waals surface area contributed by atoms with Crippen molar-refractivity contribution in [1.82, 2.24) is 9.78 Å². The zero-order chi connectivity index (χ0) is 28.2. The largest absolute Gasteiger partial charge is 0.494 e. The molecule has 5 rings (SSSR count). The second kappa shape index (κ2) is 11.6. The predicted octanol–water partition coefficient (Wildman–Crippen LogP) is 5.83. The second-order valence-electron chi connectivity index (χ2n) is 8.61. The first-order valence-corrected chi connectivity index (χ1v) is 13.8. The molecule has 1 amide bonds. The SMILES string of the molecule is CCOC(=O)c1nn(-c2ccc(OCC)cc2)c(=O)c2c(NC(=O)c3c(OCC)ccc4ccccc34)scc12. The molecule has 0 atom stereocenters. The van der Waals surface area contributed by atoms with Gasteiger partial charge in [0.1, 0.15) is 16.5 Å². The van der Waals surface area contributed by atoms with Crippen LogP contribution in [0.25, 0.3) is 27.2 Å². The number of carbonyl (C=O) groups excluding carboxylic acids is 2. The minimum Gasteiger partial charge on any atom is -0.494 e. The normalized spacial score (nSPS) is 11.0. The number of nitrogens with one attached hydrogen (secondary N) is 1. The minimum absolute atomic E-state index is 0.0257. The molecule has 0 aliphatic carbocycles. The van der Waals surface area contributed by atoms with Gasteiger partial charge in [-0.05, 0) is 61.9 Å². The lowest BCUT2D eigenvalue weighted by Crippen LogP contribution is -2.25. The lowest BCUT2D eigenvalue weighted by molar-refractivity contribution is 0.0519.